The zero-order chi connectivity index (χ0) is 19.5. The molecule has 27 heavy (non-hydrogen) atoms. The number of guanidine groups is 1. The number of rotatable bonds is 8. The zero-order valence-electron chi connectivity index (χ0n) is 15.9. The number of carbonyl (C=O) groups is 1. The Morgan fingerprint density at radius 2 is 1.74 bits per heavy atom. The average molecular weight is 370 g/mol. The molecular weight excluding hydrogens is 344 g/mol. The molecule has 0 atom stereocenters. The maximum Gasteiger partial charge on any atom is 0.251 e. The van der Waals surface area contributed by atoms with E-state index in [4.69, 9.17) is 9.47 Å². The first-order chi connectivity index (χ1) is 13.2. The highest BCUT2D eigenvalue weighted by atomic mass is 16.5. The molecule has 0 unspecified atom stereocenters. The lowest BCUT2D eigenvalue weighted by Gasteiger charge is -2.14. The summed E-state index contributed by atoms with van der Waals surface area (Å²) in [5.41, 5.74) is 1.46. The average Bonchev–Trinajstić information content (AvgIpc) is 2.71. The molecule has 0 heterocycles. The van der Waals surface area contributed by atoms with Crippen LogP contribution in [0.2, 0.25) is 0 Å². The summed E-state index contributed by atoms with van der Waals surface area (Å²) in [6.07, 6.45) is 0. The van der Waals surface area contributed by atoms with Crippen LogP contribution in [0.4, 0.5) is 5.69 Å². The van der Waals surface area contributed by atoms with E-state index >= 15 is 0 Å². The highest BCUT2D eigenvalue weighted by Gasteiger charge is 2.06. The van der Waals surface area contributed by atoms with Crippen molar-refractivity contribution < 1.29 is 14.3 Å². The van der Waals surface area contributed by atoms with Gasteiger partial charge < -0.3 is 25.4 Å². The van der Waals surface area contributed by atoms with Gasteiger partial charge in [-0.25, -0.2) is 0 Å². The lowest BCUT2D eigenvalue weighted by atomic mass is 10.2. The second-order valence-corrected chi connectivity index (χ2v) is 5.58. The first-order valence-corrected chi connectivity index (χ1v) is 8.78. The van der Waals surface area contributed by atoms with Crippen LogP contribution in [0.25, 0.3) is 0 Å². The Morgan fingerprint density at radius 3 is 2.41 bits per heavy atom. The van der Waals surface area contributed by atoms with Gasteiger partial charge in [0, 0.05) is 30.4 Å². The molecule has 2 rings (SSSR count). The number of hydrogen-bond donors (Lipinski definition) is 3. The highest BCUT2D eigenvalue weighted by molar-refractivity contribution is 5.95. The number of nitrogens with zero attached hydrogens (tertiary/aromatic N) is 1. The molecule has 0 aromatic heterocycles. The largest absolute Gasteiger partial charge is 0.493 e. The Hall–Kier alpha value is -3.22. The van der Waals surface area contributed by atoms with Gasteiger partial charge in [0.2, 0.25) is 0 Å². The van der Waals surface area contributed by atoms with Crippen LogP contribution < -0.4 is 25.4 Å². The van der Waals surface area contributed by atoms with Gasteiger partial charge in [-0.1, -0.05) is 18.2 Å². The van der Waals surface area contributed by atoms with Crippen LogP contribution in [-0.4, -0.2) is 45.7 Å². The van der Waals surface area contributed by atoms with Crippen molar-refractivity contribution in [2.45, 2.75) is 6.92 Å². The molecule has 0 spiro atoms. The summed E-state index contributed by atoms with van der Waals surface area (Å²) < 4.78 is 10.6. The fraction of sp³-hybridized carbons (Fsp3) is 0.300. The van der Waals surface area contributed by atoms with Crippen molar-refractivity contribution in [3.63, 3.8) is 0 Å². The minimum absolute atomic E-state index is 0.108. The van der Waals surface area contributed by atoms with Crippen molar-refractivity contribution in [1.82, 2.24) is 10.6 Å². The van der Waals surface area contributed by atoms with Gasteiger partial charge in [-0.2, -0.15) is 0 Å². The van der Waals surface area contributed by atoms with Gasteiger partial charge in [0.15, 0.2) is 17.5 Å². The third-order valence-electron chi connectivity index (χ3n) is 3.69. The quantitative estimate of drug-likeness (QED) is 0.378. The lowest BCUT2D eigenvalue weighted by Crippen LogP contribution is -2.32. The molecule has 7 nitrogen and oxygen atoms in total. The number of hydrogen-bond acceptors (Lipinski definition) is 4. The summed E-state index contributed by atoms with van der Waals surface area (Å²) in [6, 6.07) is 14.7. The first-order valence-electron chi connectivity index (χ1n) is 8.78. The van der Waals surface area contributed by atoms with Crippen LogP contribution in [0, 0.1) is 0 Å². The van der Waals surface area contributed by atoms with Crippen molar-refractivity contribution in [1.29, 1.82) is 0 Å². The summed E-state index contributed by atoms with van der Waals surface area (Å²) in [4.78, 5) is 16.5. The third kappa shape index (κ3) is 6.22. The van der Waals surface area contributed by atoms with Gasteiger partial charge in [-0.05, 0) is 31.2 Å². The lowest BCUT2D eigenvalue weighted by molar-refractivity contribution is 0.0955. The van der Waals surface area contributed by atoms with Crippen molar-refractivity contribution in [3.8, 4) is 11.5 Å². The fourth-order valence-electron chi connectivity index (χ4n) is 2.39. The zero-order valence-corrected chi connectivity index (χ0v) is 15.9. The maximum atomic E-state index is 12.0. The van der Waals surface area contributed by atoms with Crippen molar-refractivity contribution in [2.24, 2.45) is 4.99 Å². The minimum atomic E-state index is -0.108. The Bertz CT molecular complexity index is 763. The predicted octanol–water partition coefficient (Wildman–Crippen LogP) is 2.51. The van der Waals surface area contributed by atoms with Crippen LogP contribution in [0.1, 0.15) is 17.3 Å². The van der Waals surface area contributed by atoms with Gasteiger partial charge in [-0.15, -0.1) is 0 Å². The normalized spacial score (nSPS) is 10.9. The number of benzene rings is 2. The van der Waals surface area contributed by atoms with Crippen LogP contribution in [-0.2, 0) is 0 Å². The fourth-order valence-corrected chi connectivity index (χ4v) is 2.39. The van der Waals surface area contributed by atoms with E-state index in [1.165, 1.54) is 0 Å². The van der Waals surface area contributed by atoms with E-state index in [9.17, 15) is 4.79 Å². The first kappa shape index (κ1) is 20.1. The van der Waals surface area contributed by atoms with E-state index in [-0.39, 0.29) is 5.91 Å². The minimum Gasteiger partial charge on any atom is -0.493 e. The summed E-state index contributed by atoms with van der Waals surface area (Å²) in [5.74, 6) is 1.81. The molecular formula is C20H26N4O3. The van der Waals surface area contributed by atoms with Gasteiger partial charge in [-0.3, -0.25) is 9.79 Å². The molecule has 0 radical (unpaired) electrons. The van der Waals surface area contributed by atoms with E-state index < -0.39 is 0 Å². The monoisotopic (exact) mass is 370 g/mol. The number of carbonyl (C=O) groups excluding carboxylic acids is 1. The topological polar surface area (TPSA) is 84.0 Å². The van der Waals surface area contributed by atoms with E-state index in [0.717, 1.165) is 12.2 Å². The molecule has 7 heteroatoms. The smallest absolute Gasteiger partial charge is 0.251 e. The molecule has 0 saturated carbocycles. The molecule has 3 N–H and O–H groups in total. The Labute approximate surface area is 159 Å². The van der Waals surface area contributed by atoms with Crippen LogP contribution in [0.5, 0.6) is 11.5 Å². The molecule has 0 saturated heterocycles. The summed E-state index contributed by atoms with van der Waals surface area (Å²) >= 11 is 0. The second-order valence-electron chi connectivity index (χ2n) is 5.58. The number of anilines is 1. The highest BCUT2D eigenvalue weighted by Crippen LogP contribution is 2.29. The number of nitrogens with one attached hydrogen (secondary N) is 3. The van der Waals surface area contributed by atoms with Crippen LogP contribution >= 0.6 is 0 Å². The number of methoxy groups -OCH3 is 2. The van der Waals surface area contributed by atoms with Crippen molar-refractivity contribution in [2.75, 3.05) is 39.2 Å². The standard InChI is InChI=1S/C20H26N4O3/c1-4-21-20(24-16-10-11-17(26-2)18(14-16)27-3)23-13-12-22-19(25)15-8-6-5-7-9-15/h5-11,14H,4,12-13H2,1-3H3,(H,22,25)(H2,21,23,24). The molecule has 0 fully saturated rings. The molecule has 0 aliphatic carbocycles. The van der Waals surface area contributed by atoms with Crippen molar-refractivity contribution in [3.05, 3.63) is 54.1 Å². The van der Waals surface area contributed by atoms with E-state index in [2.05, 4.69) is 20.9 Å². The Balaban J connectivity index is 1.93. The Morgan fingerprint density at radius 1 is 1.00 bits per heavy atom. The molecule has 144 valence electrons. The van der Waals surface area contributed by atoms with E-state index in [1.807, 2.05) is 43.3 Å². The Kier molecular flexibility index (Phi) is 7.96. The molecule has 2 aromatic rings. The molecule has 2 aromatic carbocycles. The number of ether oxygens (including phenoxy) is 2. The summed E-state index contributed by atoms with van der Waals surface area (Å²) in [7, 11) is 3.19. The molecule has 0 aliphatic heterocycles. The third-order valence-corrected chi connectivity index (χ3v) is 3.69. The summed E-state index contributed by atoms with van der Waals surface area (Å²) in [6.45, 7) is 3.59. The summed E-state index contributed by atoms with van der Waals surface area (Å²) in [5, 5.41) is 9.24. The van der Waals surface area contributed by atoms with Gasteiger partial charge in [0.25, 0.3) is 5.91 Å². The van der Waals surface area contributed by atoms with Gasteiger partial charge >= 0.3 is 0 Å². The van der Waals surface area contributed by atoms with E-state index in [1.54, 1.807) is 26.4 Å². The van der Waals surface area contributed by atoms with E-state index in [0.29, 0.717) is 36.1 Å². The number of amides is 1. The molecule has 0 bridgehead atoms. The van der Waals surface area contributed by atoms with Gasteiger partial charge in [0.05, 0.1) is 20.8 Å². The number of aliphatic imine (C=N–C) groups is 1. The van der Waals surface area contributed by atoms with Crippen LogP contribution in [0.3, 0.4) is 0 Å². The molecule has 1 amide bonds. The maximum absolute atomic E-state index is 12.0. The van der Waals surface area contributed by atoms with Crippen molar-refractivity contribution >= 4 is 17.6 Å². The second kappa shape index (κ2) is 10.7. The molecule has 0 aliphatic rings. The van der Waals surface area contributed by atoms with Crippen LogP contribution in [0.15, 0.2) is 53.5 Å². The van der Waals surface area contributed by atoms with Gasteiger partial charge in [0.1, 0.15) is 0 Å². The predicted molar refractivity (Wildman–Crippen MR) is 108 cm³/mol. The SMILES string of the molecule is CCNC(=NCCNC(=O)c1ccccc1)Nc1ccc(OC)c(OC)c1.